The van der Waals surface area contributed by atoms with Crippen LogP contribution in [0.5, 0.6) is 0 Å². The van der Waals surface area contributed by atoms with Crippen LogP contribution in [0.4, 0.5) is 0 Å². The molecule has 0 spiro atoms. The normalized spacial score (nSPS) is 12.3. The van der Waals surface area contributed by atoms with E-state index in [1.165, 1.54) is 67.7 Å². The monoisotopic (exact) mass is 621 g/mol. The van der Waals surface area contributed by atoms with Crippen LogP contribution < -0.4 is 0 Å². The lowest BCUT2D eigenvalue weighted by atomic mass is 10.0. The van der Waals surface area contributed by atoms with Crippen LogP contribution in [0, 0.1) is 0 Å². The van der Waals surface area contributed by atoms with Crippen molar-refractivity contribution >= 4 is 107 Å². The second kappa shape index (κ2) is 9.07. The molecule has 0 aliphatic rings. The average Bonchev–Trinajstić information content (AvgIpc) is 3.85. The molecule has 214 valence electrons. The van der Waals surface area contributed by atoms with Gasteiger partial charge < -0.3 is 8.98 Å². The molecule has 0 bridgehead atoms. The highest BCUT2D eigenvalue weighted by molar-refractivity contribution is 7.26. The van der Waals surface area contributed by atoms with Crippen molar-refractivity contribution in [2.75, 3.05) is 0 Å². The Balaban J connectivity index is 1.17. The topological polar surface area (TPSA) is 18.1 Å². The molecule has 4 heteroatoms. The van der Waals surface area contributed by atoms with Crippen molar-refractivity contribution in [1.29, 1.82) is 0 Å². The molecule has 0 aliphatic heterocycles. The van der Waals surface area contributed by atoms with Gasteiger partial charge in [-0.25, -0.2) is 0 Å². The number of hydrogen-bond acceptors (Lipinski definition) is 3. The van der Waals surface area contributed by atoms with Gasteiger partial charge in [-0.2, -0.15) is 0 Å². The maximum Gasteiger partial charge on any atom is 0.143 e. The molecule has 0 fully saturated rings. The lowest BCUT2D eigenvalue weighted by molar-refractivity contribution is 0.670. The highest BCUT2D eigenvalue weighted by Gasteiger charge is 2.19. The standard InChI is InChI=1S/C42H23NOS2/c1-4-16-35-25(9-1)32-22-34-27-11-3-5-17-38(27)45-40(34)23-36(32)43(35)24-19-20-37-33(21-24)29-13-7-12-28(41(29)44-37)31-15-8-14-30-26-10-2-6-18-39(26)46-42(30)31/h1-23H. The molecule has 0 atom stereocenters. The molecule has 0 saturated carbocycles. The van der Waals surface area contributed by atoms with E-state index in [-0.39, 0.29) is 0 Å². The number of benzene rings is 7. The first-order valence-electron chi connectivity index (χ1n) is 15.5. The van der Waals surface area contributed by atoms with Gasteiger partial charge in [0, 0.05) is 78.7 Å². The van der Waals surface area contributed by atoms with E-state index in [0.717, 1.165) is 33.2 Å². The van der Waals surface area contributed by atoms with Crippen molar-refractivity contribution in [1.82, 2.24) is 4.57 Å². The average molecular weight is 622 g/mol. The minimum absolute atomic E-state index is 0.905. The Morgan fingerprint density at radius 1 is 0.413 bits per heavy atom. The molecular formula is C42H23NOS2. The molecule has 2 nitrogen and oxygen atoms in total. The predicted octanol–water partition coefficient (Wildman–Crippen LogP) is 13.1. The fraction of sp³-hybridized carbons (Fsp3) is 0. The predicted molar refractivity (Wildman–Crippen MR) is 199 cm³/mol. The number of hydrogen-bond donors (Lipinski definition) is 0. The molecule has 0 amide bonds. The molecule has 4 aromatic heterocycles. The van der Waals surface area contributed by atoms with Gasteiger partial charge in [0.2, 0.25) is 0 Å². The highest BCUT2D eigenvalue weighted by atomic mass is 32.1. The van der Waals surface area contributed by atoms with E-state index in [1.54, 1.807) is 0 Å². The van der Waals surface area contributed by atoms with Crippen LogP contribution >= 0.6 is 22.7 Å². The number of rotatable bonds is 2. The molecule has 46 heavy (non-hydrogen) atoms. The maximum absolute atomic E-state index is 6.70. The van der Waals surface area contributed by atoms with Crippen molar-refractivity contribution in [2.45, 2.75) is 0 Å². The third kappa shape index (κ3) is 3.30. The summed E-state index contributed by atoms with van der Waals surface area (Å²) in [5.41, 5.74) is 7.78. The first kappa shape index (κ1) is 24.8. The maximum atomic E-state index is 6.70. The molecular weight excluding hydrogens is 599 g/mol. The van der Waals surface area contributed by atoms with E-state index < -0.39 is 0 Å². The van der Waals surface area contributed by atoms with E-state index in [1.807, 2.05) is 22.7 Å². The molecule has 0 aliphatic carbocycles. The number of para-hydroxylation sites is 2. The summed E-state index contributed by atoms with van der Waals surface area (Å²) in [4.78, 5) is 0. The van der Waals surface area contributed by atoms with Crippen molar-refractivity contribution in [3.8, 4) is 16.8 Å². The number of nitrogens with zero attached hydrogens (tertiary/aromatic N) is 1. The van der Waals surface area contributed by atoms with Crippen molar-refractivity contribution in [3.05, 3.63) is 140 Å². The summed E-state index contributed by atoms with van der Waals surface area (Å²) < 4.78 is 14.4. The minimum atomic E-state index is 0.905. The Hall–Kier alpha value is -5.42. The first-order valence-corrected chi connectivity index (χ1v) is 17.1. The zero-order chi connectivity index (χ0) is 29.9. The summed E-state index contributed by atoms with van der Waals surface area (Å²) in [6, 6.07) is 50.9. The highest BCUT2D eigenvalue weighted by Crippen LogP contribution is 2.45. The van der Waals surface area contributed by atoms with E-state index in [0.29, 0.717) is 0 Å². The largest absolute Gasteiger partial charge is 0.455 e. The van der Waals surface area contributed by atoms with Crippen LogP contribution in [0.2, 0.25) is 0 Å². The van der Waals surface area contributed by atoms with Gasteiger partial charge in [0.1, 0.15) is 11.2 Å². The molecule has 0 radical (unpaired) electrons. The number of aromatic nitrogens is 1. The fourth-order valence-corrected chi connectivity index (χ4v) is 9.91. The number of fused-ring (bicyclic) bond motifs is 12. The molecule has 0 unspecified atom stereocenters. The summed E-state index contributed by atoms with van der Waals surface area (Å²) in [5, 5.41) is 10.1. The Kier molecular flexibility index (Phi) is 4.90. The summed E-state index contributed by atoms with van der Waals surface area (Å²) >= 11 is 3.73. The first-order chi connectivity index (χ1) is 22.8. The zero-order valence-electron chi connectivity index (χ0n) is 24.5. The van der Waals surface area contributed by atoms with Crippen molar-refractivity contribution in [3.63, 3.8) is 0 Å². The molecule has 0 N–H and O–H groups in total. The lowest BCUT2D eigenvalue weighted by Crippen LogP contribution is -1.93. The van der Waals surface area contributed by atoms with Gasteiger partial charge in [0.05, 0.1) is 11.0 Å². The lowest BCUT2D eigenvalue weighted by Gasteiger charge is -2.08. The number of furan rings is 1. The Bertz CT molecular complexity index is 3040. The van der Waals surface area contributed by atoms with Gasteiger partial charge in [-0.05, 0) is 48.5 Å². The SMILES string of the molecule is c1ccc2c(c1)sc1cc3c(cc12)c1ccccc1n3-c1ccc2oc3c(-c4cccc5c4sc4ccccc45)cccc3c2c1. The second-order valence-corrected chi connectivity index (χ2v) is 14.2. The van der Waals surface area contributed by atoms with Crippen LogP contribution in [-0.2, 0) is 0 Å². The Labute approximate surface area is 270 Å². The van der Waals surface area contributed by atoms with Crippen LogP contribution in [-0.4, -0.2) is 4.57 Å². The minimum Gasteiger partial charge on any atom is -0.455 e. The zero-order valence-corrected chi connectivity index (χ0v) is 26.1. The summed E-state index contributed by atoms with van der Waals surface area (Å²) in [7, 11) is 0. The molecule has 7 aromatic carbocycles. The fourth-order valence-electron chi connectivity index (χ4n) is 7.56. The van der Waals surface area contributed by atoms with E-state index in [9.17, 15) is 0 Å². The van der Waals surface area contributed by atoms with E-state index >= 15 is 0 Å². The smallest absolute Gasteiger partial charge is 0.143 e. The van der Waals surface area contributed by atoms with Crippen LogP contribution in [0.15, 0.2) is 144 Å². The number of thiophene rings is 2. The van der Waals surface area contributed by atoms with Gasteiger partial charge in [-0.1, -0.05) is 91.0 Å². The van der Waals surface area contributed by atoms with Gasteiger partial charge in [0.25, 0.3) is 0 Å². The van der Waals surface area contributed by atoms with E-state index in [4.69, 9.17) is 4.42 Å². The second-order valence-electron chi connectivity index (χ2n) is 12.1. The van der Waals surface area contributed by atoms with Crippen LogP contribution in [0.1, 0.15) is 0 Å². The summed E-state index contributed by atoms with van der Waals surface area (Å²) in [6.45, 7) is 0. The van der Waals surface area contributed by atoms with Gasteiger partial charge in [-0.3, -0.25) is 0 Å². The van der Waals surface area contributed by atoms with Crippen molar-refractivity contribution < 1.29 is 4.42 Å². The van der Waals surface area contributed by atoms with Gasteiger partial charge >= 0.3 is 0 Å². The molecule has 4 heterocycles. The van der Waals surface area contributed by atoms with Gasteiger partial charge in [0.15, 0.2) is 0 Å². The summed E-state index contributed by atoms with van der Waals surface area (Å²) in [6.07, 6.45) is 0. The Morgan fingerprint density at radius 3 is 1.98 bits per heavy atom. The molecule has 11 aromatic rings. The molecule has 0 saturated heterocycles. The third-order valence-electron chi connectivity index (χ3n) is 9.60. The van der Waals surface area contributed by atoms with Crippen LogP contribution in [0.3, 0.4) is 0 Å². The molecule has 11 rings (SSSR count). The van der Waals surface area contributed by atoms with E-state index in [2.05, 4.69) is 144 Å². The summed E-state index contributed by atoms with van der Waals surface area (Å²) in [5.74, 6) is 0. The van der Waals surface area contributed by atoms with Gasteiger partial charge in [-0.15, -0.1) is 22.7 Å². The Morgan fingerprint density at radius 2 is 1.11 bits per heavy atom. The van der Waals surface area contributed by atoms with Crippen LogP contribution in [0.25, 0.3) is 101 Å². The van der Waals surface area contributed by atoms with Crippen molar-refractivity contribution in [2.24, 2.45) is 0 Å². The quantitative estimate of drug-likeness (QED) is 0.188. The third-order valence-corrected chi connectivity index (χ3v) is 12.0.